The van der Waals surface area contributed by atoms with Crippen LogP contribution in [0.4, 0.5) is 0 Å². The molecule has 26 heavy (non-hydrogen) atoms. The summed E-state index contributed by atoms with van der Waals surface area (Å²) in [5.74, 6) is 0.0120. The van der Waals surface area contributed by atoms with Gasteiger partial charge >= 0.3 is 0 Å². The molecule has 3 rings (SSSR count). The first kappa shape index (κ1) is 21.2. The maximum Gasteiger partial charge on any atom is 0.244 e. The number of piperidine rings is 1. The lowest BCUT2D eigenvalue weighted by molar-refractivity contribution is -0.136. The van der Waals surface area contributed by atoms with Crippen LogP contribution in [0, 0.1) is 6.92 Å². The summed E-state index contributed by atoms with van der Waals surface area (Å²) in [6.07, 6.45) is 5.73. The van der Waals surface area contributed by atoms with E-state index in [1.165, 1.54) is 12.0 Å². The van der Waals surface area contributed by atoms with Gasteiger partial charge in [0.1, 0.15) is 6.04 Å². The zero-order valence-corrected chi connectivity index (χ0v) is 16.4. The van der Waals surface area contributed by atoms with Crippen LogP contribution in [0.25, 0.3) is 0 Å². The second-order valence-electron chi connectivity index (χ2n) is 7.23. The number of carbonyl (C=O) groups excluding carboxylic acids is 1. The Morgan fingerprint density at radius 3 is 2.54 bits per heavy atom. The predicted molar refractivity (Wildman–Crippen MR) is 105 cm³/mol. The van der Waals surface area contributed by atoms with Crippen LogP contribution >= 0.6 is 12.4 Å². The van der Waals surface area contributed by atoms with Crippen molar-refractivity contribution in [1.82, 2.24) is 4.90 Å². The molecule has 0 saturated carbocycles. The van der Waals surface area contributed by atoms with Crippen molar-refractivity contribution in [1.29, 1.82) is 0 Å². The van der Waals surface area contributed by atoms with Gasteiger partial charge in [-0.05, 0) is 44.6 Å². The van der Waals surface area contributed by atoms with Crippen molar-refractivity contribution in [2.75, 3.05) is 26.3 Å². The fraction of sp³-hybridized carbons (Fsp3) is 0.650. The number of hydrogen-bond acceptors (Lipinski definition) is 4. The van der Waals surface area contributed by atoms with E-state index in [4.69, 9.17) is 15.2 Å². The summed E-state index contributed by atoms with van der Waals surface area (Å²) in [7, 11) is 0. The molecule has 1 amide bonds. The number of ether oxygens (including phenoxy) is 2. The van der Waals surface area contributed by atoms with Gasteiger partial charge in [0.15, 0.2) is 0 Å². The summed E-state index contributed by atoms with van der Waals surface area (Å²) in [6, 6.07) is 7.30. The molecule has 146 valence electrons. The molecular weight excluding hydrogens is 352 g/mol. The van der Waals surface area contributed by atoms with Crippen molar-refractivity contribution in [2.24, 2.45) is 5.73 Å². The molecule has 0 spiro atoms. The van der Waals surface area contributed by atoms with Gasteiger partial charge in [0.05, 0.1) is 18.8 Å². The fourth-order valence-corrected chi connectivity index (χ4v) is 3.54. The SMILES string of the molecule is Cc1ccc(C(N)C(=O)N2CCC(OCC3CCCCO3)CC2)cc1.Cl. The number of nitrogens with two attached hydrogens (primary N) is 1. The van der Waals surface area contributed by atoms with Gasteiger partial charge in [-0.1, -0.05) is 29.8 Å². The minimum atomic E-state index is -0.575. The Hall–Kier alpha value is -1.14. The van der Waals surface area contributed by atoms with Crippen LogP contribution in [0.2, 0.25) is 0 Å². The minimum absolute atomic E-state index is 0. The number of nitrogens with zero attached hydrogens (tertiary/aromatic N) is 1. The highest BCUT2D eigenvalue weighted by Crippen LogP contribution is 2.21. The molecule has 0 radical (unpaired) electrons. The summed E-state index contributed by atoms with van der Waals surface area (Å²) in [6.45, 7) is 5.00. The first-order valence-electron chi connectivity index (χ1n) is 9.47. The third-order valence-corrected chi connectivity index (χ3v) is 5.25. The van der Waals surface area contributed by atoms with Crippen LogP contribution in [-0.4, -0.2) is 49.3 Å². The molecule has 2 fully saturated rings. The highest BCUT2D eigenvalue weighted by atomic mass is 35.5. The summed E-state index contributed by atoms with van der Waals surface area (Å²) in [5, 5.41) is 0. The maximum atomic E-state index is 12.6. The van der Waals surface area contributed by atoms with Gasteiger partial charge in [-0.25, -0.2) is 0 Å². The molecule has 2 aliphatic rings. The molecule has 6 heteroatoms. The zero-order valence-electron chi connectivity index (χ0n) is 15.6. The number of aryl methyl sites for hydroxylation is 1. The van der Waals surface area contributed by atoms with Crippen LogP contribution in [0.1, 0.15) is 49.3 Å². The summed E-state index contributed by atoms with van der Waals surface area (Å²) in [5.41, 5.74) is 8.22. The fourth-order valence-electron chi connectivity index (χ4n) is 3.54. The molecule has 2 unspecified atom stereocenters. The van der Waals surface area contributed by atoms with Gasteiger partial charge in [0, 0.05) is 19.7 Å². The lowest BCUT2D eigenvalue weighted by Gasteiger charge is -2.34. The summed E-state index contributed by atoms with van der Waals surface area (Å²) in [4.78, 5) is 14.5. The zero-order chi connectivity index (χ0) is 17.6. The van der Waals surface area contributed by atoms with E-state index in [9.17, 15) is 4.79 Å². The van der Waals surface area contributed by atoms with E-state index in [-0.39, 0.29) is 30.5 Å². The molecule has 1 aromatic rings. The third kappa shape index (κ3) is 5.68. The molecule has 0 aliphatic carbocycles. The third-order valence-electron chi connectivity index (χ3n) is 5.25. The first-order chi connectivity index (χ1) is 12.1. The maximum absolute atomic E-state index is 12.6. The van der Waals surface area contributed by atoms with Crippen molar-refractivity contribution in [3.05, 3.63) is 35.4 Å². The van der Waals surface area contributed by atoms with Crippen LogP contribution in [0.3, 0.4) is 0 Å². The molecular formula is C20H31ClN2O3. The molecule has 2 aliphatic heterocycles. The number of carbonyl (C=O) groups is 1. The second-order valence-corrected chi connectivity index (χ2v) is 7.23. The molecule has 2 N–H and O–H groups in total. The van der Waals surface area contributed by atoms with E-state index in [0.717, 1.165) is 37.9 Å². The Balaban J connectivity index is 0.00000243. The average molecular weight is 383 g/mol. The molecule has 2 atom stereocenters. The Morgan fingerprint density at radius 2 is 1.92 bits per heavy atom. The largest absolute Gasteiger partial charge is 0.376 e. The molecule has 2 heterocycles. The lowest BCUT2D eigenvalue weighted by atomic mass is 10.0. The predicted octanol–water partition coefficient (Wildman–Crippen LogP) is 2.99. The highest BCUT2D eigenvalue weighted by molar-refractivity contribution is 5.85. The van der Waals surface area contributed by atoms with E-state index in [2.05, 4.69) is 0 Å². The molecule has 5 nitrogen and oxygen atoms in total. The van der Waals surface area contributed by atoms with Crippen molar-refractivity contribution < 1.29 is 14.3 Å². The van der Waals surface area contributed by atoms with Crippen molar-refractivity contribution in [3.8, 4) is 0 Å². The van der Waals surface area contributed by atoms with E-state index >= 15 is 0 Å². The Morgan fingerprint density at radius 1 is 1.23 bits per heavy atom. The van der Waals surface area contributed by atoms with Gasteiger partial charge in [-0.2, -0.15) is 0 Å². The van der Waals surface area contributed by atoms with E-state index in [1.807, 2.05) is 36.1 Å². The topological polar surface area (TPSA) is 64.8 Å². The Labute approximate surface area is 162 Å². The molecule has 1 aromatic carbocycles. The molecule has 0 bridgehead atoms. The second kappa shape index (κ2) is 10.3. The van der Waals surface area contributed by atoms with Crippen molar-refractivity contribution in [3.63, 3.8) is 0 Å². The van der Waals surface area contributed by atoms with Gasteiger partial charge in [0.2, 0.25) is 5.91 Å². The van der Waals surface area contributed by atoms with E-state index in [0.29, 0.717) is 19.7 Å². The van der Waals surface area contributed by atoms with E-state index in [1.54, 1.807) is 0 Å². The van der Waals surface area contributed by atoms with Crippen LogP contribution in [0.5, 0.6) is 0 Å². The van der Waals surface area contributed by atoms with E-state index < -0.39 is 6.04 Å². The summed E-state index contributed by atoms with van der Waals surface area (Å²) >= 11 is 0. The van der Waals surface area contributed by atoms with Crippen LogP contribution < -0.4 is 5.73 Å². The smallest absolute Gasteiger partial charge is 0.244 e. The number of likely N-dealkylation sites (tertiary alicyclic amines) is 1. The quantitative estimate of drug-likeness (QED) is 0.850. The minimum Gasteiger partial charge on any atom is -0.376 e. The Bertz CT molecular complexity index is 553. The molecule has 2 saturated heterocycles. The highest BCUT2D eigenvalue weighted by Gasteiger charge is 2.28. The summed E-state index contributed by atoms with van der Waals surface area (Å²) < 4.78 is 11.7. The normalized spacial score (nSPS) is 22.5. The van der Waals surface area contributed by atoms with Gasteiger partial charge in [-0.3, -0.25) is 4.79 Å². The van der Waals surface area contributed by atoms with Crippen LogP contribution in [0.15, 0.2) is 24.3 Å². The number of benzene rings is 1. The van der Waals surface area contributed by atoms with Gasteiger partial charge < -0.3 is 20.1 Å². The lowest BCUT2D eigenvalue weighted by Crippen LogP contribution is -2.45. The number of hydrogen-bond donors (Lipinski definition) is 1. The van der Waals surface area contributed by atoms with Gasteiger partial charge in [0.25, 0.3) is 0 Å². The Kier molecular flexibility index (Phi) is 8.35. The number of amides is 1. The van der Waals surface area contributed by atoms with Crippen molar-refractivity contribution >= 4 is 18.3 Å². The monoisotopic (exact) mass is 382 g/mol. The number of halogens is 1. The van der Waals surface area contributed by atoms with Gasteiger partial charge in [-0.15, -0.1) is 12.4 Å². The number of rotatable bonds is 5. The standard InChI is InChI=1S/C20H30N2O3.ClH/c1-15-5-7-16(8-6-15)19(21)20(23)22-11-9-17(10-12-22)25-14-18-4-2-3-13-24-18;/h5-8,17-19H,2-4,9-14,21H2,1H3;1H. The van der Waals surface area contributed by atoms with Crippen LogP contribution in [-0.2, 0) is 14.3 Å². The first-order valence-corrected chi connectivity index (χ1v) is 9.47. The average Bonchev–Trinajstić information content (AvgIpc) is 2.67. The van der Waals surface area contributed by atoms with Crippen molar-refractivity contribution in [2.45, 2.75) is 57.3 Å². The molecule has 0 aromatic heterocycles.